The summed E-state index contributed by atoms with van der Waals surface area (Å²) in [5.41, 5.74) is 0. The molecule has 1 unspecified atom stereocenters. The standard InChI is InChI=1S/C11H23FN2/c1-14(9-4-7-12)10-6-11-5-2-3-8-13-11/h11,13H,2-10H2,1H3. The van der Waals surface area contributed by atoms with Gasteiger partial charge in [-0.3, -0.25) is 4.39 Å². The molecular weight excluding hydrogens is 179 g/mol. The van der Waals surface area contributed by atoms with Crippen molar-refractivity contribution in [3.8, 4) is 0 Å². The summed E-state index contributed by atoms with van der Waals surface area (Å²) in [6.07, 6.45) is 5.90. The molecule has 1 atom stereocenters. The lowest BCUT2D eigenvalue weighted by Gasteiger charge is -2.25. The van der Waals surface area contributed by atoms with Crippen molar-refractivity contribution >= 4 is 0 Å². The lowest BCUT2D eigenvalue weighted by Crippen LogP contribution is -2.36. The quantitative estimate of drug-likeness (QED) is 0.706. The Morgan fingerprint density at radius 3 is 2.86 bits per heavy atom. The maximum Gasteiger partial charge on any atom is 0.0906 e. The van der Waals surface area contributed by atoms with Gasteiger partial charge in [-0.05, 0) is 45.8 Å². The third kappa shape index (κ3) is 4.91. The molecule has 0 aromatic rings. The van der Waals surface area contributed by atoms with Crippen LogP contribution >= 0.6 is 0 Å². The first-order valence-corrected chi connectivity index (χ1v) is 5.81. The molecule has 1 aliphatic heterocycles. The monoisotopic (exact) mass is 202 g/mol. The molecule has 1 rings (SSSR count). The van der Waals surface area contributed by atoms with E-state index in [2.05, 4.69) is 17.3 Å². The summed E-state index contributed by atoms with van der Waals surface area (Å²) >= 11 is 0. The minimum Gasteiger partial charge on any atom is -0.314 e. The van der Waals surface area contributed by atoms with Crippen molar-refractivity contribution in [2.24, 2.45) is 0 Å². The van der Waals surface area contributed by atoms with Gasteiger partial charge in [-0.2, -0.15) is 0 Å². The van der Waals surface area contributed by atoms with E-state index in [1.807, 2.05) is 0 Å². The molecule has 2 nitrogen and oxygen atoms in total. The van der Waals surface area contributed by atoms with Crippen LogP contribution in [0.5, 0.6) is 0 Å². The average molecular weight is 202 g/mol. The van der Waals surface area contributed by atoms with Gasteiger partial charge < -0.3 is 10.2 Å². The van der Waals surface area contributed by atoms with Crippen LogP contribution in [0.2, 0.25) is 0 Å². The molecule has 0 amide bonds. The molecule has 0 spiro atoms. The molecule has 1 saturated heterocycles. The molecule has 3 heteroatoms. The van der Waals surface area contributed by atoms with Crippen molar-refractivity contribution in [1.82, 2.24) is 10.2 Å². The molecule has 1 heterocycles. The molecular formula is C11H23FN2. The number of alkyl halides is 1. The van der Waals surface area contributed by atoms with Gasteiger partial charge in [0, 0.05) is 12.6 Å². The fourth-order valence-electron chi connectivity index (χ4n) is 1.99. The number of hydrogen-bond acceptors (Lipinski definition) is 2. The van der Waals surface area contributed by atoms with E-state index in [9.17, 15) is 4.39 Å². The van der Waals surface area contributed by atoms with E-state index in [1.54, 1.807) is 0 Å². The van der Waals surface area contributed by atoms with Crippen molar-refractivity contribution in [2.75, 3.05) is 33.4 Å². The highest BCUT2D eigenvalue weighted by atomic mass is 19.1. The van der Waals surface area contributed by atoms with Crippen molar-refractivity contribution < 1.29 is 4.39 Å². The smallest absolute Gasteiger partial charge is 0.0906 e. The first-order valence-electron chi connectivity index (χ1n) is 5.81. The largest absolute Gasteiger partial charge is 0.314 e. The van der Waals surface area contributed by atoms with Crippen LogP contribution in [0.1, 0.15) is 32.1 Å². The summed E-state index contributed by atoms with van der Waals surface area (Å²) in [7, 11) is 2.08. The molecule has 0 saturated carbocycles. The highest BCUT2D eigenvalue weighted by Crippen LogP contribution is 2.10. The van der Waals surface area contributed by atoms with Crippen molar-refractivity contribution in [3.05, 3.63) is 0 Å². The van der Waals surface area contributed by atoms with E-state index >= 15 is 0 Å². The van der Waals surface area contributed by atoms with Crippen molar-refractivity contribution in [2.45, 2.75) is 38.1 Å². The zero-order valence-corrected chi connectivity index (χ0v) is 9.27. The highest BCUT2D eigenvalue weighted by Gasteiger charge is 2.12. The number of nitrogens with zero attached hydrogens (tertiary/aromatic N) is 1. The molecule has 14 heavy (non-hydrogen) atoms. The number of nitrogens with one attached hydrogen (secondary N) is 1. The van der Waals surface area contributed by atoms with Crippen LogP contribution in [0.15, 0.2) is 0 Å². The van der Waals surface area contributed by atoms with Gasteiger partial charge in [-0.1, -0.05) is 6.42 Å². The van der Waals surface area contributed by atoms with Crippen LogP contribution in [-0.2, 0) is 0 Å². The Bertz CT molecular complexity index is 135. The molecule has 0 aromatic heterocycles. The number of piperidine rings is 1. The van der Waals surface area contributed by atoms with Gasteiger partial charge in [0.2, 0.25) is 0 Å². The summed E-state index contributed by atoms with van der Waals surface area (Å²) in [6.45, 7) is 2.98. The summed E-state index contributed by atoms with van der Waals surface area (Å²) in [5, 5.41) is 3.53. The van der Waals surface area contributed by atoms with Crippen LogP contribution in [-0.4, -0.2) is 44.3 Å². The molecule has 1 N–H and O–H groups in total. The van der Waals surface area contributed by atoms with E-state index in [0.29, 0.717) is 12.5 Å². The molecule has 0 bridgehead atoms. The SMILES string of the molecule is CN(CCCF)CCC1CCCCN1. The average Bonchev–Trinajstić information content (AvgIpc) is 2.25. The topological polar surface area (TPSA) is 15.3 Å². The highest BCUT2D eigenvalue weighted by molar-refractivity contribution is 4.73. The molecule has 0 aromatic carbocycles. The van der Waals surface area contributed by atoms with Crippen LogP contribution < -0.4 is 5.32 Å². The van der Waals surface area contributed by atoms with Gasteiger partial charge in [-0.25, -0.2) is 0 Å². The Morgan fingerprint density at radius 2 is 2.21 bits per heavy atom. The van der Waals surface area contributed by atoms with E-state index in [0.717, 1.165) is 13.1 Å². The van der Waals surface area contributed by atoms with Gasteiger partial charge in [-0.15, -0.1) is 0 Å². The third-order valence-corrected chi connectivity index (χ3v) is 2.95. The van der Waals surface area contributed by atoms with Gasteiger partial charge >= 0.3 is 0 Å². The first-order chi connectivity index (χ1) is 6.83. The first kappa shape index (κ1) is 11.9. The van der Waals surface area contributed by atoms with Gasteiger partial charge in [0.05, 0.1) is 6.67 Å². The summed E-state index contributed by atoms with van der Waals surface area (Å²) in [5.74, 6) is 0. The van der Waals surface area contributed by atoms with E-state index in [1.165, 1.54) is 32.2 Å². The van der Waals surface area contributed by atoms with Gasteiger partial charge in [0.25, 0.3) is 0 Å². The maximum atomic E-state index is 11.9. The second-order valence-electron chi connectivity index (χ2n) is 4.28. The Hall–Kier alpha value is -0.150. The van der Waals surface area contributed by atoms with Crippen molar-refractivity contribution in [3.63, 3.8) is 0 Å². The molecule has 0 radical (unpaired) electrons. The lowest BCUT2D eigenvalue weighted by atomic mass is 10.0. The molecule has 1 fully saturated rings. The van der Waals surface area contributed by atoms with Crippen LogP contribution in [0.3, 0.4) is 0 Å². The van der Waals surface area contributed by atoms with Crippen LogP contribution in [0.25, 0.3) is 0 Å². The summed E-state index contributed by atoms with van der Waals surface area (Å²) in [6, 6.07) is 0.705. The Kier molecular flexibility index (Phi) is 6.12. The Labute approximate surface area is 86.9 Å². The second kappa shape index (κ2) is 7.18. The predicted molar refractivity (Wildman–Crippen MR) is 58.3 cm³/mol. The minimum atomic E-state index is -0.188. The van der Waals surface area contributed by atoms with E-state index in [-0.39, 0.29) is 6.67 Å². The fourth-order valence-corrected chi connectivity index (χ4v) is 1.99. The third-order valence-electron chi connectivity index (χ3n) is 2.95. The molecule has 84 valence electrons. The zero-order valence-electron chi connectivity index (χ0n) is 9.27. The van der Waals surface area contributed by atoms with Crippen LogP contribution in [0, 0.1) is 0 Å². The van der Waals surface area contributed by atoms with Gasteiger partial charge in [0.1, 0.15) is 0 Å². The Balaban J connectivity index is 2.00. The van der Waals surface area contributed by atoms with E-state index < -0.39 is 0 Å². The number of halogens is 1. The van der Waals surface area contributed by atoms with Crippen LogP contribution in [0.4, 0.5) is 4.39 Å². The lowest BCUT2D eigenvalue weighted by molar-refractivity contribution is 0.275. The minimum absolute atomic E-state index is 0.188. The Morgan fingerprint density at radius 1 is 1.36 bits per heavy atom. The summed E-state index contributed by atoms with van der Waals surface area (Å²) in [4.78, 5) is 2.23. The molecule has 1 aliphatic rings. The predicted octanol–water partition coefficient (Wildman–Crippen LogP) is 1.81. The number of rotatable bonds is 6. The van der Waals surface area contributed by atoms with Gasteiger partial charge in [0.15, 0.2) is 0 Å². The van der Waals surface area contributed by atoms with Crippen molar-refractivity contribution in [1.29, 1.82) is 0 Å². The normalized spacial score (nSPS) is 22.9. The second-order valence-corrected chi connectivity index (χ2v) is 4.28. The van der Waals surface area contributed by atoms with E-state index in [4.69, 9.17) is 0 Å². The number of hydrogen-bond donors (Lipinski definition) is 1. The maximum absolute atomic E-state index is 11.9. The molecule has 0 aliphatic carbocycles. The summed E-state index contributed by atoms with van der Waals surface area (Å²) < 4.78 is 11.9. The zero-order chi connectivity index (χ0) is 10.2. The fraction of sp³-hybridized carbons (Fsp3) is 1.00.